The third-order valence-corrected chi connectivity index (χ3v) is 4.02. The summed E-state index contributed by atoms with van der Waals surface area (Å²) in [6.45, 7) is 1.97. The molecule has 1 aromatic carbocycles. The van der Waals surface area contributed by atoms with E-state index in [9.17, 15) is 8.60 Å². The van der Waals surface area contributed by atoms with Crippen LogP contribution in [0.25, 0.3) is 10.9 Å². The summed E-state index contributed by atoms with van der Waals surface area (Å²) in [7, 11) is 0.978. The Balaban J connectivity index is 2.45. The fourth-order valence-corrected chi connectivity index (χ4v) is 2.88. The van der Waals surface area contributed by atoms with Crippen LogP contribution in [-0.2, 0) is 10.8 Å². The lowest BCUT2D eigenvalue weighted by Crippen LogP contribution is -2.34. The first-order chi connectivity index (χ1) is 9.00. The molecule has 0 N–H and O–H groups in total. The highest BCUT2D eigenvalue weighted by atomic mass is 32.2. The van der Waals surface area contributed by atoms with Crippen LogP contribution in [0.4, 0.5) is 10.2 Å². The molecule has 19 heavy (non-hydrogen) atoms. The zero-order valence-corrected chi connectivity index (χ0v) is 11.9. The number of halogens is 1. The van der Waals surface area contributed by atoms with Crippen LogP contribution in [0, 0.1) is 5.82 Å². The monoisotopic (exact) mass is 281 g/mol. The number of fused-ring (bicyclic) bond motifs is 1. The predicted molar refractivity (Wildman–Crippen MR) is 76.3 cm³/mol. The minimum absolute atomic E-state index is 0.0483. The number of rotatable bonds is 4. The first kappa shape index (κ1) is 13.9. The van der Waals surface area contributed by atoms with Crippen LogP contribution < -0.4 is 4.90 Å². The molecule has 0 aliphatic carbocycles. The van der Waals surface area contributed by atoms with E-state index in [4.69, 9.17) is 0 Å². The third kappa shape index (κ3) is 2.89. The summed E-state index contributed by atoms with van der Waals surface area (Å²) in [5.74, 6) is 0.834. The number of nitrogens with zero attached hydrogens (tertiary/aromatic N) is 3. The third-order valence-electron chi connectivity index (χ3n) is 3.07. The molecule has 2 rings (SSSR count). The minimum Gasteiger partial charge on any atom is -0.355 e. The zero-order chi connectivity index (χ0) is 14.0. The van der Waals surface area contributed by atoms with Crippen molar-refractivity contribution in [1.29, 1.82) is 0 Å². The largest absolute Gasteiger partial charge is 0.355 e. The maximum atomic E-state index is 13.7. The molecule has 0 saturated carbocycles. The molecule has 0 bridgehead atoms. The average Bonchev–Trinajstić information content (AvgIpc) is 2.37. The van der Waals surface area contributed by atoms with Crippen molar-refractivity contribution >= 4 is 27.5 Å². The van der Waals surface area contributed by atoms with E-state index < -0.39 is 10.8 Å². The van der Waals surface area contributed by atoms with Gasteiger partial charge in [-0.15, -0.1) is 0 Å². The number of hydrogen-bond donors (Lipinski definition) is 0. The van der Waals surface area contributed by atoms with Gasteiger partial charge in [-0.05, 0) is 19.1 Å². The number of anilines is 1. The summed E-state index contributed by atoms with van der Waals surface area (Å²) >= 11 is 0. The van der Waals surface area contributed by atoms with E-state index in [1.807, 2.05) is 18.9 Å². The van der Waals surface area contributed by atoms with Crippen LogP contribution in [0.1, 0.15) is 6.92 Å². The van der Waals surface area contributed by atoms with Crippen LogP contribution in [0.3, 0.4) is 0 Å². The molecule has 0 spiro atoms. The second-order valence-corrected chi connectivity index (χ2v) is 6.01. The Morgan fingerprint density at radius 1 is 1.42 bits per heavy atom. The van der Waals surface area contributed by atoms with E-state index in [2.05, 4.69) is 9.97 Å². The molecular formula is C13H16FN3OS. The van der Waals surface area contributed by atoms with Gasteiger partial charge in [0.2, 0.25) is 0 Å². The topological polar surface area (TPSA) is 46.1 Å². The molecule has 4 nitrogen and oxygen atoms in total. The van der Waals surface area contributed by atoms with E-state index in [0.717, 1.165) is 0 Å². The zero-order valence-electron chi connectivity index (χ0n) is 11.1. The Morgan fingerprint density at radius 3 is 2.84 bits per heavy atom. The molecule has 2 atom stereocenters. The van der Waals surface area contributed by atoms with Gasteiger partial charge in [-0.25, -0.2) is 14.4 Å². The second kappa shape index (κ2) is 5.61. The lowest BCUT2D eigenvalue weighted by Gasteiger charge is -2.26. The van der Waals surface area contributed by atoms with E-state index in [0.29, 0.717) is 22.5 Å². The molecule has 0 aliphatic rings. The van der Waals surface area contributed by atoms with Crippen LogP contribution >= 0.6 is 0 Å². The van der Waals surface area contributed by atoms with Gasteiger partial charge < -0.3 is 4.90 Å². The first-order valence-corrected chi connectivity index (χ1v) is 7.65. The summed E-state index contributed by atoms with van der Waals surface area (Å²) in [6, 6.07) is 4.86. The van der Waals surface area contributed by atoms with Gasteiger partial charge in [0.1, 0.15) is 23.5 Å². The van der Waals surface area contributed by atoms with Crippen molar-refractivity contribution in [2.24, 2.45) is 0 Å². The van der Waals surface area contributed by atoms with Crippen molar-refractivity contribution < 1.29 is 8.60 Å². The van der Waals surface area contributed by atoms with E-state index in [1.165, 1.54) is 12.4 Å². The Labute approximate surface area is 114 Å². The predicted octanol–water partition coefficient (Wildman–Crippen LogP) is 1.97. The molecule has 0 radical (unpaired) electrons. The highest BCUT2D eigenvalue weighted by Crippen LogP contribution is 2.24. The van der Waals surface area contributed by atoms with Crippen LogP contribution in [0.2, 0.25) is 0 Å². The van der Waals surface area contributed by atoms with Gasteiger partial charge in [0.15, 0.2) is 0 Å². The SMILES string of the molecule is CC(CS(C)=O)N(C)c1ncnc2c(F)cccc12. The quantitative estimate of drug-likeness (QED) is 0.859. The van der Waals surface area contributed by atoms with E-state index in [-0.39, 0.29) is 11.9 Å². The van der Waals surface area contributed by atoms with Crippen LogP contribution in [0.5, 0.6) is 0 Å². The first-order valence-electron chi connectivity index (χ1n) is 5.92. The van der Waals surface area contributed by atoms with Gasteiger partial charge in [0.25, 0.3) is 0 Å². The summed E-state index contributed by atoms with van der Waals surface area (Å²) in [4.78, 5) is 10.1. The number of hydrogen-bond acceptors (Lipinski definition) is 4. The Kier molecular flexibility index (Phi) is 4.09. The fourth-order valence-electron chi connectivity index (χ4n) is 1.98. The van der Waals surface area contributed by atoms with Crippen LogP contribution in [0.15, 0.2) is 24.5 Å². The standard InChI is InChI=1S/C13H16FN3OS/c1-9(7-19(3)18)17(2)13-10-5-4-6-11(14)12(10)15-8-16-13/h4-6,8-9H,7H2,1-3H3. The van der Waals surface area contributed by atoms with Crippen molar-refractivity contribution in [2.45, 2.75) is 13.0 Å². The van der Waals surface area contributed by atoms with Gasteiger partial charge in [0, 0.05) is 41.3 Å². The van der Waals surface area contributed by atoms with Gasteiger partial charge in [0.05, 0.1) is 0 Å². The molecular weight excluding hydrogens is 265 g/mol. The normalized spacial score (nSPS) is 14.3. The van der Waals surface area contributed by atoms with E-state index in [1.54, 1.807) is 18.4 Å². The summed E-state index contributed by atoms with van der Waals surface area (Å²) in [5.41, 5.74) is 0.309. The molecule has 2 unspecified atom stereocenters. The number of para-hydroxylation sites is 1. The average molecular weight is 281 g/mol. The van der Waals surface area contributed by atoms with Crippen molar-refractivity contribution in [3.05, 3.63) is 30.3 Å². The Hall–Kier alpha value is -1.56. The maximum absolute atomic E-state index is 13.7. The van der Waals surface area contributed by atoms with E-state index >= 15 is 0 Å². The summed E-state index contributed by atoms with van der Waals surface area (Å²) < 4.78 is 25.0. The lowest BCUT2D eigenvalue weighted by atomic mass is 10.2. The van der Waals surface area contributed by atoms with Gasteiger partial charge in [-0.1, -0.05) is 6.07 Å². The highest BCUT2D eigenvalue weighted by molar-refractivity contribution is 7.84. The molecule has 2 aromatic rings. The van der Waals surface area contributed by atoms with Gasteiger partial charge in [-0.2, -0.15) is 0 Å². The fraction of sp³-hybridized carbons (Fsp3) is 0.385. The molecule has 6 heteroatoms. The molecule has 0 aliphatic heterocycles. The number of benzene rings is 1. The molecule has 1 aromatic heterocycles. The van der Waals surface area contributed by atoms with Crippen molar-refractivity contribution in [3.63, 3.8) is 0 Å². The van der Waals surface area contributed by atoms with Crippen molar-refractivity contribution in [2.75, 3.05) is 24.0 Å². The molecule has 1 heterocycles. The molecule has 0 amide bonds. The highest BCUT2D eigenvalue weighted by Gasteiger charge is 2.16. The molecule has 0 fully saturated rings. The summed E-state index contributed by atoms with van der Waals surface area (Å²) in [5, 5.41) is 0.665. The second-order valence-electron chi connectivity index (χ2n) is 4.53. The molecule has 102 valence electrons. The van der Waals surface area contributed by atoms with Crippen LogP contribution in [-0.4, -0.2) is 39.3 Å². The molecule has 0 saturated heterocycles. The van der Waals surface area contributed by atoms with Gasteiger partial charge >= 0.3 is 0 Å². The van der Waals surface area contributed by atoms with Crippen molar-refractivity contribution in [3.8, 4) is 0 Å². The minimum atomic E-state index is -0.887. The lowest BCUT2D eigenvalue weighted by molar-refractivity contribution is 0.636. The summed E-state index contributed by atoms with van der Waals surface area (Å²) in [6.07, 6.45) is 3.02. The number of aromatic nitrogens is 2. The Bertz CT molecular complexity index is 620. The van der Waals surface area contributed by atoms with Crippen molar-refractivity contribution in [1.82, 2.24) is 9.97 Å². The smallest absolute Gasteiger partial charge is 0.149 e. The van der Waals surface area contributed by atoms with Gasteiger partial charge in [-0.3, -0.25) is 4.21 Å². The Morgan fingerprint density at radius 2 is 2.16 bits per heavy atom. The maximum Gasteiger partial charge on any atom is 0.149 e.